The largest absolute Gasteiger partial charge is 0.384 e. The molecule has 2 N–H and O–H groups in total. The van der Waals surface area contributed by atoms with Gasteiger partial charge >= 0.3 is 0 Å². The molecule has 1 fully saturated rings. The average molecular weight is 356 g/mol. The summed E-state index contributed by atoms with van der Waals surface area (Å²) < 4.78 is 1.72. The molecule has 130 valence electrons. The molecule has 2 aromatic heterocycles. The predicted molar refractivity (Wildman–Crippen MR) is 101 cm³/mol. The Kier molecular flexibility index (Phi) is 4.36. The highest BCUT2D eigenvalue weighted by Crippen LogP contribution is 2.29. The van der Waals surface area contributed by atoms with E-state index >= 15 is 0 Å². The van der Waals surface area contributed by atoms with Gasteiger partial charge in [0.2, 0.25) is 0 Å². The summed E-state index contributed by atoms with van der Waals surface area (Å²) in [6, 6.07) is 12.1. The molecule has 0 radical (unpaired) electrons. The molecule has 6 heteroatoms. The van der Waals surface area contributed by atoms with Crippen LogP contribution in [0.15, 0.2) is 36.4 Å². The Morgan fingerprint density at radius 1 is 1.16 bits per heavy atom. The molecule has 1 saturated heterocycles. The molecule has 4 rings (SSSR count). The lowest BCUT2D eigenvalue weighted by atomic mass is 9.93. The number of nitrogen functional groups attached to an aromatic ring is 1. The maximum atomic E-state index is 6.16. The molecule has 0 amide bonds. The fourth-order valence-electron chi connectivity index (χ4n) is 3.58. The van der Waals surface area contributed by atoms with Gasteiger partial charge < -0.3 is 5.73 Å². The second-order valence-corrected chi connectivity index (χ2v) is 7.27. The standard InChI is InChI=1S/C19H22ClN5/c1-13-10-19-22-17(11-18(21)25(19)23-13)15-6-8-24(9-7-15)12-14-2-4-16(20)5-3-14/h2-5,10-11,15H,6-9,12,21H2,1H3. The van der Waals surface area contributed by atoms with E-state index in [4.69, 9.17) is 22.3 Å². The maximum absolute atomic E-state index is 6.16. The number of hydrogen-bond acceptors (Lipinski definition) is 4. The molecule has 0 saturated carbocycles. The molecule has 5 nitrogen and oxygen atoms in total. The number of aryl methyl sites for hydroxylation is 1. The van der Waals surface area contributed by atoms with Gasteiger partial charge in [-0.2, -0.15) is 9.61 Å². The van der Waals surface area contributed by atoms with Crippen molar-refractivity contribution in [3.8, 4) is 0 Å². The van der Waals surface area contributed by atoms with Crippen LogP contribution in [-0.4, -0.2) is 32.6 Å². The zero-order chi connectivity index (χ0) is 17.4. The fourth-order valence-corrected chi connectivity index (χ4v) is 3.70. The quantitative estimate of drug-likeness (QED) is 0.779. The van der Waals surface area contributed by atoms with Crippen LogP contribution in [0.3, 0.4) is 0 Å². The summed E-state index contributed by atoms with van der Waals surface area (Å²) in [5.41, 5.74) is 10.3. The maximum Gasteiger partial charge on any atom is 0.157 e. The molecule has 1 aromatic carbocycles. The summed E-state index contributed by atoms with van der Waals surface area (Å²) in [5.74, 6) is 1.13. The van der Waals surface area contributed by atoms with Gasteiger partial charge in [0.05, 0.1) is 5.69 Å². The van der Waals surface area contributed by atoms with Crippen LogP contribution in [-0.2, 0) is 6.54 Å². The first kappa shape index (κ1) is 16.4. The van der Waals surface area contributed by atoms with Crippen LogP contribution in [0.5, 0.6) is 0 Å². The Labute approximate surface area is 152 Å². The molecule has 0 unspecified atom stereocenters. The SMILES string of the molecule is Cc1cc2nc(C3CCN(Cc4ccc(Cl)cc4)CC3)cc(N)n2n1. The van der Waals surface area contributed by atoms with E-state index in [-0.39, 0.29) is 0 Å². The number of nitrogens with two attached hydrogens (primary N) is 1. The van der Waals surface area contributed by atoms with Crippen LogP contribution in [0.25, 0.3) is 5.65 Å². The molecule has 25 heavy (non-hydrogen) atoms. The van der Waals surface area contributed by atoms with E-state index in [9.17, 15) is 0 Å². The summed E-state index contributed by atoms with van der Waals surface area (Å²) >= 11 is 5.96. The van der Waals surface area contributed by atoms with Crippen LogP contribution in [0.2, 0.25) is 5.02 Å². The molecule has 3 aromatic rings. The second kappa shape index (κ2) is 6.65. The Balaban J connectivity index is 1.44. The number of halogens is 1. The topological polar surface area (TPSA) is 59.5 Å². The van der Waals surface area contributed by atoms with E-state index in [1.54, 1.807) is 4.52 Å². The van der Waals surface area contributed by atoms with E-state index < -0.39 is 0 Å². The Hall–Kier alpha value is -2.11. The van der Waals surface area contributed by atoms with Crippen LogP contribution in [0.1, 0.15) is 35.7 Å². The molecule has 1 aliphatic heterocycles. The molecule has 1 aliphatic rings. The number of rotatable bonds is 3. The summed E-state index contributed by atoms with van der Waals surface area (Å²) in [6.45, 7) is 5.07. The van der Waals surface area contributed by atoms with Crippen molar-refractivity contribution in [2.24, 2.45) is 0 Å². The zero-order valence-corrected chi connectivity index (χ0v) is 15.1. The third-order valence-corrected chi connectivity index (χ3v) is 5.17. The van der Waals surface area contributed by atoms with Crippen molar-refractivity contribution in [3.63, 3.8) is 0 Å². The summed E-state index contributed by atoms with van der Waals surface area (Å²) in [5, 5.41) is 5.16. The smallest absolute Gasteiger partial charge is 0.157 e. The number of anilines is 1. The minimum absolute atomic E-state index is 0.462. The van der Waals surface area contributed by atoms with E-state index in [0.29, 0.717) is 11.7 Å². The first-order valence-corrected chi connectivity index (χ1v) is 9.06. The second-order valence-electron chi connectivity index (χ2n) is 6.84. The van der Waals surface area contributed by atoms with Crippen LogP contribution >= 0.6 is 11.6 Å². The number of benzene rings is 1. The van der Waals surface area contributed by atoms with E-state index in [0.717, 1.165) is 54.5 Å². The van der Waals surface area contributed by atoms with Gasteiger partial charge in [0.15, 0.2) is 5.65 Å². The van der Waals surface area contributed by atoms with Gasteiger partial charge in [0.25, 0.3) is 0 Å². The summed E-state index contributed by atoms with van der Waals surface area (Å²) in [7, 11) is 0. The first-order chi connectivity index (χ1) is 12.1. The lowest BCUT2D eigenvalue weighted by molar-refractivity contribution is 0.203. The normalized spacial score (nSPS) is 16.6. The van der Waals surface area contributed by atoms with Gasteiger partial charge in [-0.15, -0.1) is 0 Å². The molecule has 3 heterocycles. The fraction of sp³-hybridized carbons (Fsp3) is 0.368. The molecule has 0 aliphatic carbocycles. The van der Waals surface area contributed by atoms with Crippen molar-refractivity contribution in [2.45, 2.75) is 32.2 Å². The molecule has 0 atom stereocenters. The summed E-state index contributed by atoms with van der Waals surface area (Å²) in [4.78, 5) is 7.28. The number of fused-ring (bicyclic) bond motifs is 1. The third kappa shape index (κ3) is 3.48. The van der Waals surface area contributed by atoms with Gasteiger partial charge in [0.1, 0.15) is 5.82 Å². The highest BCUT2D eigenvalue weighted by molar-refractivity contribution is 6.30. The molecular weight excluding hydrogens is 334 g/mol. The van der Waals surface area contributed by atoms with Crippen molar-refractivity contribution >= 4 is 23.1 Å². The Morgan fingerprint density at radius 2 is 1.88 bits per heavy atom. The monoisotopic (exact) mass is 355 g/mol. The first-order valence-electron chi connectivity index (χ1n) is 8.68. The zero-order valence-electron chi connectivity index (χ0n) is 14.3. The van der Waals surface area contributed by atoms with E-state index in [1.165, 1.54) is 5.56 Å². The van der Waals surface area contributed by atoms with Crippen molar-refractivity contribution in [3.05, 3.63) is 58.4 Å². The lowest BCUT2D eigenvalue weighted by Crippen LogP contribution is -2.32. The number of likely N-dealkylation sites (tertiary alicyclic amines) is 1. The number of piperidine rings is 1. The minimum atomic E-state index is 0.462. The molecule has 0 bridgehead atoms. The molecule has 0 spiro atoms. The number of nitrogens with zero attached hydrogens (tertiary/aromatic N) is 4. The van der Waals surface area contributed by atoms with Crippen LogP contribution in [0.4, 0.5) is 5.82 Å². The lowest BCUT2D eigenvalue weighted by Gasteiger charge is -2.31. The van der Waals surface area contributed by atoms with Gasteiger partial charge in [-0.25, -0.2) is 4.98 Å². The third-order valence-electron chi connectivity index (χ3n) is 4.92. The Morgan fingerprint density at radius 3 is 2.60 bits per heavy atom. The highest BCUT2D eigenvalue weighted by Gasteiger charge is 2.22. The van der Waals surface area contributed by atoms with Crippen LogP contribution < -0.4 is 5.73 Å². The van der Waals surface area contributed by atoms with E-state index in [1.807, 2.05) is 31.2 Å². The van der Waals surface area contributed by atoms with E-state index in [2.05, 4.69) is 22.1 Å². The Bertz CT molecular complexity index is 879. The van der Waals surface area contributed by atoms with Gasteiger partial charge in [-0.05, 0) is 50.6 Å². The van der Waals surface area contributed by atoms with Gasteiger partial charge in [-0.3, -0.25) is 4.90 Å². The number of hydrogen-bond donors (Lipinski definition) is 1. The van der Waals surface area contributed by atoms with Crippen molar-refractivity contribution < 1.29 is 0 Å². The van der Waals surface area contributed by atoms with Crippen LogP contribution in [0, 0.1) is 6.92 Å². The average Bonchev–Trinajstić information content (AvgIpc) is 2.99. The predicted octanol–water partition coefficient (Wildman–Crippen LogP) is 3.65. The molecular formula is C19H22ClN5. The minimum Gasteiger partial charge on any atom is -0.384 e. The van der Waals surface area contributed by atoms with Crippen molar-refractivity contribution in [2.75, 3.05) is 18.8 Å². The number of aromatic nitrogens is 3. The van der Waals surface area contributed by atoms with Crippen molar-refractivity contribution in [1.82, 2.24) is 19.5 Å². The van der Waals surface area contributed by atoms with Gasteiger partial charge in [-0.1, -0.05) is 23.7 Å². The summed E-state index contributed by atoms with van der Waals surface area (Å²) in [6.07, 6.45) is 2.20. The highest BCUT2D eigenvalue weighted by atomic mass is 35.5. The van der Waals surface area contributed by atoms with Crippen molar-refractivity contribution in [1.29, 1.82) is 0 Å². The van der Waals surface area contributed by atoms with Gasteiger partial charge in [0, 0.05) is 35.3 Å².